The van der Waals surface area contributed by atoms with Gasteiger partial charge in [0, 0.05) is 29.3 Å². The number of ether oxygens (including phenoxy) is 1. The van der Waals surface area contributed by atoms with Crippen LogP contribution in [0.3, 0.4) is 0 Å². The number of carbonyl (C=O) groups is 2. The molecule has 1 atom stereocenters. The van der Waals surface area contributed by atoms with E-state index in [4.69, 9.17) is 5.73 Å². The molecule has 0 aliphatic carbocycles. The summed E-state index contributed by atoms with van der Waals surface area (Å²) in [6.07, 6.45) is 3.77. The Balaban J connectivity index is 2.05. The molecule has 1 aromatic heterocycles. The second kappa shape index (κ2) is 7.92. The van der Waals surface area contributed by atoms with Crippen LogP contribution in [0.2, 0.25) is 0 Å². The average Bonchev–Trinajstić information content (AvgIpc) is 2.64. The number of amides is 2. The summed E-state index contributed by atoms with van der Waals surface area (Å²) >= 11 is 0. The van der Waals surface area contributed by atoms with Crippen molar-refractivity contribution < 1.29 is 14.3 Å². The molecule has 3 rings (SSSR count). The van der Waals surface area contributed by atoms with Gasteiger partial charge in [-0.1, -0.05) is 12.5 Å². The van der Waals surface area contributed by atoms with Crippen LogP contribution in [0.25, 0.3) is 11.1 Å². The van der Waals surface area contributed by atoms with Crippen molar-refractivity contribution in [1.29, 1.82) is 0 Å². The van der Waals surface area contributed by atoms with Crippen molar-refractivity contribution in [1.82, 2.24) is 10.2 Å². The molecule has 2 heterocycles. The Kier molecular flexibility index (Phi) is 5.43. The lowest BCUT2D eigenvalue weighted by Gasteiger charge is -2.17. The van der Waals surface area contributed by atoms with Crippen molar-refractivity contribution in [3.63, 3.8) is 0 Å². The summed E-state index contributed by atoms with van der Waals surface area (Å²) < 4.78 is 4.61. The van der Waals surface area contributed by atoms with Crippen molar-refractivity contribution in [2.45, 2.75) is 31.7 Å². The zero-order valence-corrected chi connectivity index (χ0v) is 14.5. The van der Waals surface area contributed by atoms with E-state index in [-0.39, 0.29) is 11.9 Å². The standard InChI is InChI=1S/C18H21N5O3/c1-26-18(25)21-12-6-7-13-11-8-16(23-20-10-11)14(19)4-2-3-5-17(24)22-15(13)9-12/h6-10,14H,2-5,19H2,1H3,(H,21,25)(H,22,24). The Hall–Kier alpha value is -3.00. The molecular weight excluding hydrogens is 334 g/mol. The summed E-state index contributed by atoms with van der Waals surface area (Å²) in [6.45, 7) is 0. The van der Waals surface area contributed by atoms with Crippen LogP contribution in [-0.4, -0.2) is 29.3 Å². The molecule has 0 spiro atoms. The number of rotatable bonds is 1. The van der Waals surface area contributed by atoms with Crippen molar-refractivity contribution in [3.8, 4) is 11.1 Å². The van der Waals surface area contributed by atoms with Crippen molar-refractivity contribution in [3.05, 3.63) is 36.2 Å². The van der Waals surface area contributed by atoms with Crippen LogP contribution in [-0.2, 0) is 9.53 Å². The van der Waals surface area contributed by atoms with E-state index in [2.05, 4.69) is 25.6 Å². The zero-order chi connectivity index (χ0) is 18.5. The number of nitrogens with one attached hydrogen (secondary N) is 2. The number of hydrogen-bond donors (Lipinski definition) is 3. The Bertz CT molecular complexity index is 824. The summed E-state index contributed by atoms with van der Waals surface area (Å²) in [5.74, 6) is -0.0853. The van der Waals surface area contributed by atoms with Crippen LogP contribution < -0.4 is 16.4 Å². The second-order valence-corrected chi connectivity index (χ2v) is 6.15. The number of anilines is 2. The third kappa shape index (κ3) is 4.15. The molecule has 1 aromatic carbocycles. The van der Waals surface area contributed by atoms with Gasteiger partial charge in [-0.3, -0.25) is 10.1 Å². The maximum absolute atomic E-state index is 12.3. The van der Waals surface area contributed by atoms with Crippen molar-refractivity contribution in [2.24, 2.45) is 5.73 Å². The van der Waals surface area contributed by atoms with Gasteiger partial charge in [0.2, 0.25) is 5.91 Å². The minimum atomic E-state index is -0.580. The maximum Gasteiger partial charge on any atom is 0.411 e. The molecule has 2 amide bonds. The van der Waals surface area contributed by atoms with Crippen LogP contribution in [0.5, 0.6) is 0 Å². The van der Waals surface area contributed by atoms with E-state index < -0.39 is 6.09 Å². The van der Waals surface area contributed by atoms with Crippen LogP contribution in [0.1, 0.15) is 37.4 Å². The monoisotopic (exact) mass is 355 g/mol. The predicted octanol–water partition coefficient (Wildman–Crippen LogP) is 2.83. The topological polar surface area (TPSA) is 119 Å². The van der Waals surface area contributed by atoms with Gasteiger partial charge < -0.3 is 15.8 Å². The predicted molar refractivity (Wildman–Crippen MR) is 97.5 cm³/mol. The molecule has 0 radical (unpaired) electrons. The van der Waals surface area contributed by atoms with E-state index >= 15 is 0 Å². The van der Waals surface area contributed by atoms with Crippen LogP contribution >= 0.6 is 0 Å². The molecule has 1 aliphatic heterocycles. The molecule has 2 aromatic rings. The quantitative estimate of drug-likeness (QED) is 0.723. The molecule has 1 aliphatic rings. The van der Waals surface area contributed by atoms with Crippen molar-refractivity contribution >= 4 is 23.4 Å². The lowest BCUT2D eigenvalue weighted by atomic mass is 9.99. The first-order valence-electron chi connectivity index (χ1n) is 8.44. The van der Waals surface area contributed by atoms with Gasteiger partial charge in [-0.05, 0) is 31.0 Å². The maximum atomic E-state index is 12.3. The Morgan fingerprint density at radius 3 is 3.00 bits per heavy atom. The Labute approximate surface area is 151 Å². The van der Waals surface area contributed by atoms with Gasteiger partial charge in [0.05, 0.1) is 24.7 Å². The van der Waals surface area contributed by atoms with Crippen molar-refractivity contribution in [2.75, 3.05) is 17.7 Å². The number of nitrogens with zero attached hydrogens (tertiary/aromatic N) is 2. The van der Waals surface area contributed by atoms with E-state index in [1.54, 1.807) is 24.4 Å². The van der Waals surface area contributed by atoms with Gasteiger partial charge in [-0.25, -0.2) is 4.79 Å². The molecule has 4 N–H and O–H groups in total. The smallest absolute Gasteiger partial charge is 0.411 e. The average molecular weight is 355 g/mol. The molecule has 136 valence electrons. The lowest BCUT2D eigenvalue weighted by Crippen LogP contribution is -2.16. The molecule has 8 heteroatoms. The molecule has 26 heavy (non-hydrogen) atoms. The van der Waals surface area contributed by atoms with Crippen LogP contribution in [0, 0.1) is 0 Å². The highest BCUT2D eigenvalue weighted by atomic mass is 16.5. The molecular formula is C18H21N5O3. The Morgan fingerprint density at radius 2 is 2.19 bits per heavy atom. The van der Waals surface area contributed by atoms with E-state index in [9.17, 15) is 9.59 Å². The number of carbonyl (C=O) groups excluding carboxylic acids is 2. The summed E-state index contributed by atoms with van der Waals surface area (Å²) in [4.78, 5) is 23.7. The van der Waals surface area contributed by atoms with E-state index in [0.29, 0.717) is 17.8 Å². The SMILES string of the molecule is COC(=O)Nc1ccc2c(c1)NC(=O)CCCCC(N)c1cc-2cnn1. The second-order valence-electron chi connectivity index (χ2n) is 6.15. The Morgan fingerprint density at radius 1 is 1.35 bits per heavy atom. The minimum Gasteiger partial charge on any atom is -0.453 e. The van der Waals surface area contributed by atoms with Gasteiger partial charge >= 0.3 is 6.09 Å². The van der Waals surface area contributed by atoms with E-state index in [0.717, 1.165) is 36.1 Å². The minimum absolute atomic E-state index is 0.0853. The number of aromatic nitrogens is 2. The fourth-order valence-corrected chi connectivity index (χ4v) is 2.87. The lowest BCUT2D eigenvalue weighted by molar-refractivity contribution is -0.116. The molecule has 0 saturated carbocycles. The number of benzene rings is 1. The summed E-state index contributed by atoms with van der Waals surface area (Å²) in [5.41, 5.74) is 9.59. The third-order valence-corrected chi connectivity index (χ3v) is 4.26. The number of hydrogen-bond acceptors (Lipinski definition) is 6. The first-order valence-corrected chi connectivity index (χ1v) is 8.44. The van der Waals surface area contributed by atoms with Gasteiger partial charge in [0.1, 0.15) is 0 Å². The van der Waals surface area contributed by atoms with Crippen LogP contribution in [0.4, 0.5) is 16.2 Å². The zero-order valence-electron chi connectivity index (χ0n) is 14.5. The summed E-state index contributed by atoms with van der Waals surface area (Å²) in [5, 5.41) is 13.7. The fraction of sp³-hybridized carbons (Fsp3) is 0.333. The van der Waals surface area contributed by atoms with Gasteiger partial charge in [-0.2, -0.15) is 10.2 Å². The normalized spacial score (nSPS) is 17.2. The molecule has 0 saturated heterocycles. The number of fused-ring (bicyclic) bond motifs is 4. The van der Waals surface area contributed by atoms with E-state index in [1.807, 2.05) is 6.07 Å². The van der Waals surface area contributed by atoms with E-state index in [1.165, 1.54) is 7.11 Å². The first kappa shape index (κ1) is 17.8. The van der Waals surface area contributed by atoms with Crippen LogP contribution in [0.15, 0.2) is 30.5 Å². The largest absolute Gasteiger partial charge is 0.453 e. The molecule has 8 nitrogen and oxygen atoms in total. The highest BCUT2D eigenvalue weighted by Gasteiger charge is 2.16. The number of nitrogens with two attached hydrogens (primary N) is 1. The van der Waals surface area contributed by atoms with Gasteiger partial charge in [0.25, 0.3) is 0 Å². The fourth-order valence-electron chi connectivity index (χ4n) is 2.87. The van der Waals surface area contributed by atoms with Gasteiger partial charge in [0.15, 0.2) is 0 Å². The number of methoxy groups -OCH3 is 1. The third-order valence-electron chi connectivity index (χ3n) is 4.26. The molecule has 2 bridgehead atoms. The van der Waals surface area contributed by atoms with Gasteiger partial charge in [-0.15, -0.1) is 0 Å². The molecule has 1 unspecified atom stereocenters. The highest BCUT2D eigenvalue weighted by molar-refractivity contribution is 5.97. The summed E-state index contributed by atoms with van der Waals surface area (Å²) in [6, 6.07) is 6.90. The molecule has 0 fully saturated rings. The summed E-state index contributed by atoms with van der Waals surface area (Å²) in [7, 11) is 1.29. The first-order chi connectivity index (χ1) is 12.6. The highest BCUT2D eigenvalue weighted by Crippen LogP contribution is 2.32.